The average molecular weight is 323 g/mol. The molecule has 0 aliphatic heterocycles. The summed E-state index contributed by atoms with van der Waals surface area (Å²) >= 11 is 6.07. The van der Waals surface area contributed by atoms with E-state index in [1.807, 2.05) is 6.92 Å². The third-order valence-electron chi connectivity index (χ3n) is 3.18. The van der Waals surface area contributed by atoms with Crippen LogP contribution in [-0.2, 0) is 13.1 Å². The highest BCUT2D eigenvalue weighted by Crippen LogP contribution is 2.21. The Morgan fingerprint density at radius 2 is 2.14 bits per heavy atom. The van der Waals surface area contributed by atoms with Crippen LogP contribution in [0.25, 0.3) is 0 Å². The minimum absolute atomic E-state index is 0.0426. The van der Waals surface area contributed by atoms with Crippen molar-refractivity contribution in [3.8, 4) is 0 Å². The Morgan fingerprint density at radius 3 is 2.73 bits per heavy atom. The number of carbonyl (C=O) groups excluding carboxylic acids is 1. The van der Waals surface area contributed by atoms with E-state index in [0.717, 1.165) is 0 Å². The maximum absolute atomic E-state index is 12.4. The van der Waals surface area contributed by atoms with Crippen LogP contribution in [0, 0.1) is 10.1 Å². The number of halogens is 1. The van der Waals surface area contributed by atoms with E-state index in [4.69, 9.17) is 11.6 Å². The van der Waals surface area contributed by atoms with Crippen LogP contribution in [0.4, 0.5) is 5.69 Å². The maximum atomic E-state index is 12.4. The lowest BCUT2D eigenvalue weighted by molar-refractivity contribution is -0.385. The van der Waals surface area contributed by atoms with E-state index in [1.54, 1.807) is 24.0 Å². The van der Waals surface area contributed by atoms with Crippen molar-refractivity contribution in [1.29, 1.82) is 0 Å². The molecule has 7 nitrogen and oxygen atoms in total. The van der Waals surface area contributed by atoms with Crippen LogP contribution in [0.1, 0.15) is 23.0 Å². The molecule has 0 N–H and O–H groups in total. The zero-order valence-corrected chi connectivity index (χ0v) is 12.9. The molecule has 1 aromatic carbocycles. The van der Waals surface area contributed by atoms with Gasteiger partial charge in [-0.3, -0.25) is 19.6 Å². The summed E-state index contributed by atoms with van der Waals surface area (Å²) in [5.41, 5.74) is 0.378. The molecule has 2 rings (SSSR count). The molecule has 0 radical (unpaired) electrons. The van der Waals surface area contributed by atoms with Crippen LogP contribution in [-0.4, -0.2) is 32.6 Å². The Kier molecular flexibility index (Phi) is 4.77. The van der Waals surface area contributed by atoms with Gasteiger partial charge in [-0.25, -0.2) is 0 Å². The summed E-state index contributed by atoms with van der Waals surface area (Å²) in [6, 6.07) is 5.85. The van der Waals surface area contributed by atoms with Gasteiger partial charge in [0, 0.05) is 25.9 Å². The summed E-state index contributed by atoms with van der Waals surface area (Å²) in [5, 5.41) is 15.7. The third kappa shape index (κ3) is 3.25. The monoisotopic (exact) mass is 322 g/mol. The van der Waals surface area contributed by atoms with Gasteiger partial charge in [0.2, 0.25) is 0 Å². The van der Waals surface area contributed by atoms with Gasteiger partial charge in [0.25, 0.3) is 11.6 Å². The molecular formula is C14H15ClN4O3. The molecule has 0 spiro atoms. The normalized spacial score (nSPS) is 10.5. The number of nitrogens with zero attached hydrogens (tertiary/aromatic N) is 4. The van der Waals surface area contributed by atoms with Gasteiger partial charge in [-0.1, -0.05) is 23.7 Å². The van der Waals surface area contributed by atoms with Gasteiger partial charge in [0.05, 0.1) is 16.5 Å². The molecule has 0 aliphatic rings. The highest BCUT2D eigenvalue weighted by atomic mass is 35.5. The number of rotatable bonds is 5. The number of nitro groups is 1. The highest BCUT2D eigenvalue weighted by Gasteiger charge is 2.23. The first-order valence-electron chi connectivity index (χ1n) is 6.64. The van der Waals surface area contributed by atoms with Crippen molar-refractivity contribution in [1.82, 2.24) is 14.7 Å². The topological polar surface area (TPSA) is 81.3 Å². The standard InChI is InChI=1S/C14H15ClN4O3/c1-3-18-8-11(15)12(16-18)9-17(2)14(20)10-6-4-5-7-13(10)19(21)22/h4-8H,3,9H2,1-2H3. The summed E-state index contributed by atoms with van der Waals surface area (Å²) < 4.78 is 1.67. The SMILES string of the molecule is CCn1cc(Cl)c(CN(C)C(=O)c2ccccc2[N+](=O)[O-])n1. The van der Waals surface area contributed by atoms with Crippen molar-refractivity contribution in [3.05, 3.63) is 56.9 Å². The van der Waals surface area contributed by atoms with Crippen molar-refractivity contribution in [2.75, 3.05) is 7.05 Å². The number of aromatic nitrogens is 2. The minimum Gasteiger partial charge on any atom is -0.335 e. The van der Waals surface area contributed by atoms with Gasteiger partial charge < -0.3 is 4.90 Å². The summed E-state index contributed by atoms with van der Waals surface area (Å²) in [7, 11) is 1.56. The third-order valence-corrected chi connectivity index (χ3v) is 3.49. The minimum atomic E-state index is -0.570. The highest BCUT2D eigenvalue weighted by molar-refractivity contribution is 6.31. The fraction of sp³-hybridized carbons (Fsp3) is 0.286. The molecule has 0 bridgehead atoms. The molecule has 0 atom stereocenters. The Hall–Kier alpha value is -2.41. The van der Waals surface area contributed by atoms with Gasteiger partial charge in [-0.05, 0) is 13.0 Å². The van der Waals surface area contributed by atoms with E-state index < -0.39 is 10.8 Å². The van der Waals surface area contributed by atoms with Crippen LogP contribution in [0.2, 0.25) is 5.02 Å². The van der Waals surface area contributed by atoms with Crippen LogP contribution < -0.4 is 0 Å². The summed E-state index contributed by atoms with van der Waals surface area (Å²) in [5.74, 6) is -0.450. The number of hydrogen-bond donors (Lipinski definition) is 0. The zero-order chi connectivity index (χ0) is 16.3. The van der Waals surface area contributed by atoms with Crippen LogP contribution in [0.15, 0.2) is 30.5 Å². The molecule has 22 heavy (non-hydrogen) atoms. The zero-order valence-electron chi connectivity index (χ0n) is 12.2. The maximum Gasteiger partial charge on any atom is 0.282 e. The second-order valence-corrected chi connectivity index (χ2v) is 5.12. The van der Waals surface area contributed by atoms with Gasteiger partial charge in [0.1, 0.15) is 11.3 Å². The molecule has 0 fully saturated rings. The molecule has 1 amide bonds. The number of benzene rings is 1. The molecule has 0 aliphatic carbocycles. The molecular weight excluding hydrogens is 308 g/mol. The van der Waals surface area contributed by atoms with Crippen molar-refractivity contribution in [2.45, 2.75) is 20.0 Å². The fourth-order valence-corrected chi connectivity index (χ4v) is 2.23. The van der Waals surface area contributed by atoms with Gasteiger partial charge >= 0.3 is 0 Å². The lowest BCUT2D eigenvalue weighted by Crippen LogP contribution is -2.27. The second kappa shape index (κ2) is 6.57. The first-order chi connectivity index (χ1) is 10.4. The number of amides is 1. The molecule has 0 saturated carbocycles. The molecule has 116 valence electrons. The fourth-order valence-electron chi connectivity index (χ4n) is 2.02. The molecule has 1 aromatic heterocycles. The summed E-state index contributed by atoms with van der Waals surface area (Å²) in [6.45, 7) is 2.77. The van der Waals surface area contributed by atoms with E-state index in [0.29, 0.717) is 17.3 Å². The predicted octanol–water partition coefficient (Wildman–Crippen LogP) is 2.74. The first kappa shape index (κ1) is 16.0. The molecule has 1 heterocycles. The van der Waals surface area contributed by atoms with Gasteiger partial charge in [0.15, 0.2) is 0 Å². The van der Waals surface area contributed by atoms with Gasteiger partial charge in [-0.2, -0.15) is 5.10 Å². The van der Waals surface area contributed by atoms with Gasteiger partial charge in [-0.15, -0.1) is 0 Å². The quantitative estimate of drug-likeness (QED) is 0.626. The Balaban J connectivity index is 2.22. The van der Waals surface area contributed by atoms with Crippen molar-refractivity contribution in [2.24, 2.45) is 0 Å². The molecule has 8 heteroatoms. The molecule has 0 unspecified atom stereocenters. The van der Waals surface area contributed by atoms with Crippen LogP contribution >= 0.6 is 11.6 Å². The van der Waals surface area contributed by atoms with E-state index in [1.165, 1.54) is 23.1 Å². The first-order valence-corrected chi connectivity index (χ1v) is 7.02. The smallest absolute Gasteiger partial charge is 0.282 e. The van der Waals surface area contributed by atoms with Crippen LogP contribution in [0.3, 0.4) is 0 Å². The molecule has 2 aromatic rings. The number of aryl methyl sites for hydroxylation is 1. The number of hydrogen-bond acceptors (Lipinski definition) is 4. The largest absolute Gasteiger partial charge is 0.335 e. The van der Waals surface area contributed by atoms with E-state index in [9.17, 15) is 14.9 Å². The van der Waals surface area contributed by atoms with Crippen molar-refractivity contribution >= 4 is 23.2 Å². The second-order valence-electron chi connectivity index (χ2n) is 4.71. The van der Waals surface area contributed by atoms with Crippen molar-refractivity contribution in [3.63, 3.8) is 0 Å². The molecule has 0 saturated heterocycles. The van der Waals surface area contributed by atoms with E-state index in [-0.39, 0.29) is 17.8 Å². The summed E-state index contributed by atoms with van der Waals surface area (Å²) in [4.78, 5) is 24.2. The number of para-hydroxylation sites is 1. The Bertz CT molecular complexity index is 714. The lowest BCUT2D eigenvalue weighted by atomic mass is 10.1. The Morgan fingerprint density at radius 1 is 1.45 bits per heavy atom. The number of nitro benzene ring substituents is 1. The predicted molar refractivity (Wildman–Crippen MR) is 81.8 cm³/mol. The average Bonchev–Trinajstić information content (AvgIpc) is 2.86. The Labute approximate surface area is 132 Å². The van der Waals surface area contributed by atoms with E-state index in [2.05, 4.69) is 5.10 Å². The number of carbonyl (C=O) groups is 1. The van der Waals surface area contributed by atoms with Crippen molar-refractivity contribution < 1.29 is 9.72 Å². The van der Waals surface area contributed by atoms with E-state index >= 15 is 0 Å². The lowest BCUT2D eigenvalue weighted by Gasteiger charge is -2.16. The summed E-state index contributed by atoms with van der Waals surface area (Å²) in [6.07, 6.45) is 1.68. The van der Waals surface area contributed by atoms with Crippen LogP contribution in [0.5, 0.6) is 0 Å².